The van der Waals surface area contributed by atoms with Gasteiger partial charge in [-0.05, 0) is 38.5 Å². The second-order valence-corrected chi connectivity index (χ2v) is 9.15. The van der Waals surface area contributed by atoms with Gasteiger partial charge in [0.2, 0.25) is 5.91 Å². The molecular formula is C19H20N2O3S3. The number of carbonyl (C=O) groups excluding carboxylic acids is 2. The Morgan fingerprint density at radius 3 is 2.74 bits per heavy atom. The SMILES string of the molecule is CCOC(=O)c1c(NC(=O)CSCc2nc3ccccc3s2)sc(C)c1C. The molecule has 5 nitrogen and oxygen atoms in total. The Morgan fingerprint density at radius 2 is 2.00 bits per heavy atom. The van der Waals surface area contributed by atoms with E-state index in [0.29, 0.717) is 28.7 Å². The highest BCUT2D eigenvalue weighted by Crippen LogP contribution is 2.33. The molecule has 27 heavy (non-hydrogen) atoms. The Bertz CT molecular complexity index is 945. The molecule has 0 aliphatic heterocycles. The topological polar surface area (TPSA) is 68.3 Å². The van der Waals surface area contributed by atoms with E-state index in [1.54, 1.807) is 18.3 Å². The average Bonchev–Trinajstić information content (AvgIpc) is 3.15. The Hall–Kier alpha value is -1.90. The summed E-state index contributed by atoms with van der Waals surface area (Å²) in [5, 5.41) is 4.43. The molecule has 1 amide bonds. The number of nitrogens with zero attached hydrogens (tertiary/aromatic N) is 1. The van der Waals surface area contributed by atoms with Gasteiger partial charge < -0.3 is 10.1 Å². The minimum Gasteiger partial charge on any atom is -0.462 e. The first-order chi connectivity index (χ1) is 13.0. The quantitative estimate of drug-likeness (QED) is 0.543. The van der Waals surface area contributed by atoms with Gasteiger partial charge in [-0.3, -0.25) is 4.79 Å². The van der Waals surface area contributed by atoms with Crippen LogP contribution in [0, 0.1) is 13.8 Å². The van der Waals surface area contributed by atoms with Gasteiger partial charge in [0, 0.05) is 10.6 Å². The lowest BCUT2D eigenvalue weighted by molar-refractivity contribution is -0.113. The van der Waals surface area contributed by atoms with E-state index in [2.05, 4.69) is 10.3 Å². The third kappa shape index (κ3) is 4.69. The minimum absolute atomic E-state index is 0.132. The molecule has 1 aromatic carbocycles. The Labute approximate surface area is 170 Å². The van der Waals surface area contributed by atoms with E-state index in [9.17, 15) is 9.59 Å². The molecule has 0 spiro atoms. The highest BCUT2D eigenvalue weighted by atomic mass is 32.2. The first-order valence-corrected chi connectivity index (χ1v) is 11.3. The van der Waals surface area contributed by atoms with Crippen LogP contribution in [0.15, 0.2) is 24.3 Å². The summed E-state index contributed by atoms with van der Waals surface area (Å²) < 4.78 is 6.27. The zero-order chi connectivity index (χ0) is 19.4. The number of ether oxygens (including phenoxy) is 1. The van der Waals surface area contributed by atoms with E-state index in [4.69, 9.17) is 4.74 Å². The third-order valence-electron chi connectivity index (χ3n) is 3.91. The first-order valence-electron chi connectivity index (χ1n) is 8.48. The van der Waals surface area contributed by atoms with Crippen molar-refractivity contribution in [3.63, 3.8) is 0 Å². The molecule has 1 N–H and O–H groups in total. The van der Waals surface area contributed by atoms with Crippen molar-refractivity contribution < 1.29 is 14.3 Å². The number of para-hydroxylation sites is 1. The Morgan fingerprint density at radius 1 is 1.22 bits per heavy atom. The van der Waals surface area contributed by atoms with Crippen LogP contribution >= 0.6 is 34.4 Å². The largest absolute Gasteiger partial charge is 0.462 e. The number of carbonyl (C=O) groups is 2. The van der Waals surface area contributed by atoms with Crippen LogP contribution in [0.3, 0.4) is 0 Å². The van der Waals surface area contributed by atoms with Crippen molar-refractivity contribution >= 4 is 61.5 Å². The fraction of sp³-hybridized carbons (Fsp3) is 0.316. The lowest BCUT2D eigenvalue weighted by atomic mass is 10.1. The fourth-order valence-electron chi connectivity index (χ4n) is 2.54. The second-order valence-electron chi connectivity index (χ2n) is 5.82. The molecule has 0 unspecified atom stereocenters. The number of thioether (sulfide) groups is 1. The summed E-state index contributed by atoms with van der Waals surface area (Å²) in [6.07, 6.45) is 0. The second kappa shape index (κ2) is 8.86. The number of amides is 1. The summed E-state index contributed by atoms with van der Waals surface area (Å²) in [6, 6.07) is 8.01. The number of nitrogens with one attached hydrogen (secondary N) is 1. The number of esters is 1. The van der Waals surface area contributed by atoms with Gasteiger partial charge in [0.15, 0.2) is 0 Å². The van der Waals surface area contributed by atoms with Crippen LogP contribution in [0.25, 0.3) is 10.2 Å². The van der Waals surface area contributed by atoms with Gasteiger partial charge in [0.25, 0.3) is 0 Å². The smallest absolute Gasteiger partial charge is 0.341 e. The molecule has 0 bridgehead atoms. The summed E-state index contributed by atoms with van der Waals surface area (Å²) in [5.41, 5.74) is 2.31. The van der Waals surface area contributed by atoms with Crippen LogP contribution in [-0.2, 0) is 15.3 Å². The molecule has 3 aromatic rings. The number of thiophene rings is 1. The van der Waals surface area contributed by atoms with Gasteiger partial charge in [0.1, 0.15) is 10.0 Å². The third-order valence-corrected chi connectivity index (χ3v) is 7.20. The summed E-state index contributed by atoms with van der Waals surface area (Å²) in [4.78, 5) is 30.1. The highest BCUT2D eigenvalue weighted by molar-refractivity contribution is 7.99. The molecule has 0 aliphatic rings. The van der Waals surface area contributed by atoms with Crippen LogP contribution in [0.2, 0.25) is 0 Å². The maximum absolute atomic E-state index is 12.3. The van der Waals surface area contributed by atoms with Gasteiger partial charge in [-0.1, -0.05) is 12.1 Å². The number of benzene rings is 1. The number of fused-ring (bicyclic) bond motifs is 1. The minimum atomic E-state index is -0.392. The number of hydrogen-bond acceptors (Lipinski definition) is 7. The molecule has 142 valence electrons. The lowest BCUT2D eigenvalue weighted by Crippen LogP contribution is -2.16. The van der Waals surface area contributed by atoms with Crippen LogP contribution < -0.4 is 5.32 Å². The van der Waals surface area contributed by atoms with E-state index >= 15 is 0 Å². The summed E-state index contributed by atoms with van der Waals surface area (Å²) in [5.74, 6) is 0.457. The van der Waals surface area contributed by atoms with Gasteiger partial charge in [0.05, 0.1) is 28.1 Å². The molecule has 8 heteroatoms. The molecule has 0 radical (unpaired) electrons. The Balaban J connectivity index is 1.59. The van der Waals surface area contributed by atoms with E-state index < -0.39 is 5.97 Å². The zero-order valence-electron chi connectivity index (χ0n) is 15.3. The molecule has 2 aromatic heterocycles. The van der Waals surface area contributed by atoms with Crippen molar-refractivity contribution in [1.82, 2.24) is 4.98 Å². The number of anilines is 1. The first kappa shape index (κ1) is 19.9. The number of rotatable bonds is 7. The van der Waals surface area contributed by atoms with E-state index in [1.165, 1.54) is 23.1 Å². The van der Waals surface area contributed by atoms with Crippen LogP contribution in [0.1, 0.15) is 32.7 Å². The van der Waals surface area contributed by atoms with Crippen LogP contribution in [-0.4, -0.2) is 29.2 Å². The number of aryl methyl sites for hydroxylation is 1. The van der Waals surface area contributed by atoms with Crippen LogP contribution in [0.5, 0.6) is 0 Å². The van der Waals surface area contributed by atoms with Crippen molar-refractivity contribution in [3.8, 4) is 0 Å². The molecule has 0 saturated heterocycles. The van der Waals surface area contributed by atoms with E-state index in [0.717, 1.165) is 25.7 Å². The maximum atomic E-state index is 12.3. The summed E-state index contributed by atoms with van der Waals surface area (Å²) >= 11 is 4.56. The maximum Gasteiger partial charge on any atom is 0.341 e. The average molecular weight is 421 g/mol. The summed E-state index contributed by atoms with van der Waals surface area (Å²) in [6.45, 7) is 5.87. The predicted octanol–water partition coefficient (Wildman–Crippen LogP) is 5.02. The molecule has 2 heterocycles. The molecule has 0 aliphatic carbocycles. The molecule has 3 rings (SSSR count). The number of hydrogen-bond donors (Lipinski definition) is 1. The summed E-state index contributed by atoms with van der Waals surface area (Å²) in [7, 11) is 0. The molecular weight excluding hydrogens is 400 g/mol. The number of thiazole rings is 1. The lowest BCUT2D eigenvalue weighted by Gasteiger charge is -2.07. The van der Waals surface area contributed by atoms with Gasteiger partial charge in [-0.15, -0.1) is 34.4 Å². The Kier molecular flexibility index (Phi) is 6.51. The van der Waals surface area contributed by atoms with Crippen molar-refractivity contribution in [1.29, 1.82) is 0 Å². The highest BCUT2D eigenvalue weighted by Gasteiger charge is 2.22. The van der Waals surface area contributed by atoms with Gasteiger partial charge in [-0.2, -0.15) is 0 Å². The van der Waals surface area contributed by atoms with Crippen molar-refractivity contribution in [2.45, 2.75) is 26.5 Å². The normalized spacial score (nSPS) is 10.9. The standard InChI is InChI=1S/C19H20N2O3S3/c1-4-24-19(23)17-11(2)12(3)26-18(17)21-15(22)9-25-10-16-20-13-7-5-6-8-14(13)27-16/h5-8H,4,9-10H2,1-3H3,(H,21,22). The van der Waals surface area contributed by atoms with Gasteiger partial charge >= 0.3 is 5.97 Å². The van der Waals surface area contributed by atoms with Crippen molar-refractivity contribution in [2.75, 3.05) is 17.7 Å². The predicted molar refractivity (Wildman–Crippen MR) is 114 cm³/mol. The van der Waals surface area contributed by atoms with Crippen LogP contribution in [0.4, 0.5) is 5.00 Å². The fourth-order valence-corrected chi connectivity index (χ4v) is 5.45. The van der Waals surface area contributed by atoms with Gasteiger partial charge in [-0.25, -0.2) is 9.78 Å². The molecule has 0 saturated carbocycles. The van der Waals surface area contributed by atoms with Crippen molar-refractivity contribution in [2.24, 2.45) is 0 Å². The molecule has 0 atom stereocenters. The molecule has 0 fully saturated rings. The monoisotopic (exact) mass is 420 g/mol. The van der Waals surface area contributed by atoms with Crippen molar-refractivity contribution in [3.05, 3.63) is 45.3 Å². The zero-order valence-corrected chi connectivity index (χ0v) is 17.8. The number of aromatic nitrogens is 1. The van der Waals surface area contributed by atoms with E-state index in [-0.39, 0.29) is 5.91 Å². The van der Waals surface area contributed by atoms with E-state index in [1.807, 2.05) is 38.1 Å².